The molecule has 0 saturated heterocycles. The molecule has 0 unspecified atom stereocenters. The van der Waals surface area contributed by atoms with E-state index in [0.29, 0.717) is 29.0 Å². The van der Waals surface area contributed by atoms with Gasteiger partial charge in [-0.3, -0.25) is 4.90 Å². The van der Waals surface area contributed by atoms with Gasteiger partial charge in [-0.15, -0.1) is 5.10 Å². The van der Waals surface area contributed by atoms with E-state index in [0.717, 1.165) is 16.9 Å². The third-order valence-electron chi connectivity index (χ3n) is 3.48. The molecule has 0 bridgehead atoms. The molecule has 1 aromatic heterocycles. The first-order valence-corrected chi connectivity index (χ1v) is 8.51. The second-order valence-electron chi connectivity index (χ2n) is 5.80. The summed E-state index contributed by atoms with van der Waals surface area (Å²) in [6.07, 6.45) is 0. The molecule has 0 spiro atoms. The Labute approximate surface area is 156 Å². The fourth-order valence-corrected chi connectivity index (χ4v) is 2.62. The van der Waals surface area contributed by atoms with E-state index in [1.54, 1.807) is 4.68 Å². The highest BCUT2D eigenvalue weighted by Crippen LogP contribution is 2.23. The van der Waals surface area contributed by atoms with Gasteiger partial charge in [-0.25, -0.2) is 4.68 Å². The first-order chi connectivity index (χ1) is 12.0. The second-order valence-corrected chi connectivity index (χ2v) is 6.55. The predicted molar refractivity (Wildman–Crippen MR) is 100 cm³/mol. The van der Waals surface area contributed by atoms with Crippen molar-refractivity contribution < 1.29 is 9.15 Å². The van der Waals surface area contributed by atoms with E-state index in [9.17, 15) is 0 Å². The molecule has 0 amide bonds. The van der Waals surface area contributed by atoms with E-state index >= 15 is 0 Å². The minimum Gasteiger partial charge on any atom is -0.489 e. The number of hydrogen-bond donors (Lipinski definition) is 0. The van der Waals surface area contributed by atoms with Gasteiger partial charge in [0.15, 0.2) is 0 Å². The van der Waals surface area contributed by atoms with Crippen LogP contribution in [0.1, 0.15) is 5.56 Å². The maximum absolute atomic E-state index is 6.13. The quantitative estimate of drug-likeness (QED) is 0.588. The van der Waals surface area contributed by atoms with E-state index < -0.39 is 0 Å². The topological polar surface area (TPSA) is 43.4 Å². The average Bonchev–Trinajstić information content (AvgIpc) is 2.95. The smallest absolute Gasteiger partial charge is 0.288 e. The van der Waals surface area contributed by atoms with Crippen molar-refractivity contribution in [3.63, 3.8) is 0 Å². The van der Waals surface area contributed by atoms with Crippen molar-refractivity contribution in [3.05, 3.63) is 64.0 Å². The summed E-state index contributed by atoms with van der Waals surface area (Å²) >= 11 is 11.3. The third kappa shape index (κ3) is 4.48. The van der Waals surface area contributed by atoms with Gasteiger partial charge in [0.1, 0.15) is 12.4 Å². The Bertz CT molecular complexity index is 903. The van der Waals surface area contributed by atoms with Gasteiger partial charge in [0.05, 0.1) is 6.67 Å². The van der Waals surface area contributed by atoms with Gasteiger partial charge in [0.25, 0.3) is 4.84 Å². The maximum atomic E-state index is 6.13. The third-order valence-corrected chi connectivity index (χ3v) is 4.14. The van der Waals surface area contributed by atoms with E-state index in [1.807, 2.05) is 67.5 Å². The summed E-state index contributed by atoms with van der Waals surface area (Å²) in [4.78, 5) is 2.32. The summed E-state index contributed by atoms with van der Waals surface area (Å²) in [5, 5.41) is 5.10. The summed E-state index contributed by atoms with van der Waals surface area (Å²) < 4.78 is 13.0. The lowest BCUT2D eigenvalue weighted by Gasteiger charge is -2.08. The van der Waals surface area contributed by atoms with Gasteiger partial charge < -0.3 is 9.15 Å². The van der Waals surface area contributed by atoms with Crippen molar-refractivity contribution in [2.24, 2.45) is 0 Å². The summed E-state index contributed by atoms with van der Waals surface area (Å²) in [6.45, 7) is 0.985. The minimum atomic E-state index is 0.350. The molecule has 0 N–H and O–H groups in total. The predicted octanol–water partition coefficient (Wildman–Crippen LogP) is 4.62. The van der Waals surface area contributed by atoms with Gasteiger partial charge in [-0.1, -0.05) is 29.8 Å². The highest BCUT2D eigenvalue weighted by atomic mass is 35.5. The maximum Gasteiger partial charge on any atom is 0.288 e. The first kappa shape index (κ1) is 17.7. The largest absolute Gasteiger partial charge is 0.489 e. The van der Waals surface area contributed by atoms with Crippen molar-refractivity contribution in [1.82, 2.24) is 14.7 Å². The lowest BCUT2D eigenvalue weighted by atomic mass is 10.2. The summed E-state index contributed by atoms with van der Waals surface area (Å²) in [7, 11) is 3.89. The monoisotopic (exact) mass is 375 g/mol. The van der Waals surface area contributed by atoms with Crippen LogP contribution in [-0.4, -0.2) is 28.8 Å². The number of ether oxygens (including phenoxy) is 1. The van der Waals surface area contributed by atoms with E-state index in [2.05, 4.69) is 5.10 Å². The van der Waals surface area contributed by atoms with Gasteiger partial charge in [0, 0.05) is 16.1 Å². The lowest BCUT2D eigenvalue weighted by Crippen LogP contribution is -2.17. The molecule has 0 aliphatic rings. The van der Waals surface area contributed by atoms with E-state index in [-0.39, 0.29) is 0 Å². The van der Waals surface area contributed by atoms with Crippen LogP contribution in [0.5, 0.6) is 5.75 Å². The van der Waals surface area contributed by atoms with E-state index in [1.165, 1.54) is 0 Å². The molecule has 130 valence electrons. The molecule has 0 radical (unpaired) electrons. The second kappa shape index (κ2) is 7.82. The molecule has 0 aliphatic heterocycles. The molecule has 3 aromatic rings. The van der Waals surface area contributed by atoms with Crippen LogP contribution in [0.3, 0.4) is 0 Å². The molecular weight excluding hydrogens is 358 g/mol. The fraction of sp³-hybridized carbons (Fsp3) is 0.222. The summed E-state index contributed by atoms with van der Waals surface area (Å²) in [6, 6.07) is 15.1. The highest BCUT2D eigenvalue weighted by Gasteiger charge is 2.09. The number of halogens is 1. The van der Waals surface area contributed by atoms with Crippen LogP contribution >= 0.6 is 23.8 Å². The van der Waals surface area contributed by atoms with Gasteiger partial charge in [-0.05, 0) is 56.6 Å². The van der Waals surface area contributed by atoms with Crippen LogP contribution < -0.4 is 4.74 Å². The molecular formula is C18H18ClN3O2S. The molecule has 7 heteroatoms. The molecule has 1 heterocycles. The average molecular weight is 376 g/mol. The van der Waals surface area contributed by atoms with Crippen LogP contribution in [0.25, 0.3) is 11.5 Å². The zero-order chi connectivity index (χ0) is 17.8. The van der Waals surface area contributed by atoms with Crippen molar-refractivity contribution in [2.45, 2.75) is 13.3 Å². The molecule has 0 fully saturated rings. The number of nitrogens with zero attached hydrogens (tertiary/aromatic N) is 3. The molecule has 0 atom stereocenters. The van der Waals surface area contributed by atoms with Crippen LogP contribution in [0, 0.1) is 4.84 Å². The molecule has 3 rings (SSSR count). The van der Waals surface area contributed by atoms with Crippen molar-refractivity contribution in [3.8, 4) is 17.2 Å². The van der Waals surface area contributed by atoms with Crippen LogP contribution in [0.4, 0.5) is 0 Å². The molecule has 0 aliphatic carbocycles. The Balaban J connectivity index is 1.70. The molecule has 2 aromatic carbocycles. The van der Waals surface area contributed by atoms with Crippen molar-refractivity contribution in [2.75, 3.05) is 14.1 Å². The highest BCUT2D eigenvalue weighted by molar-refractivity contribution is 7.71. The molecule has 25 heavy (non-hydrogen) atoms. The van der Waals surface area contributed by atoms with Gasteiger partial charge in [-0.2, -0.15) is 0 Å². The zero-order valence-corrected chi connectivity index (χ0v) is 15.5. The normalized spacial score (nSPS) is 11.0. The number of rotatable bonds is 6. The lowest BCUT2D eigenvalue weighted by molar-refractivity contribution is 0.298. The number of hydrogen-bond acceptors (Lipinski definition) is 5. The van der Waals surface area contributed by atoms with Crippen LogP contribution in [0.15, 0.2) is 52.9 Å². The van der Waals surface area contributed by atoms with Crippen LogP contribution in [0.2, 0.25) is 5.02 Å². The van der Waals surface area contributed by atoms with Gasteiger partial charge >= 0.3 is 0 Å². The minimum absolute atomic E-state index is 0.350. The standard InChI is InChI=1S/C18H18ClN3O2S/c1-21(2)12-22-18(25)24-17(20-22)13-7-9-15(10-8-13)23-11-14-5-3-4-6-16(14)19/h3-10H,11-12H2,1-2H3. The molecule has 0 saturated carbocycles. The first-order valence-electron chi connectivity index (χ1n) is 7.72. The number of aromatic nitrogens is 2. The van der Waals surface area contributed by atoms with Gasteiger partial charge in [0.2, 0.25) is 5.89 Å². The zero-order valence-electron chi connectivity index (χ0n) is 14.0. The Morgan fingerprint density at radius 2 is 1.88 bits per heavy atom. The Morgan fingerprint density at radius 1 is 1.16 bits per heavy atom. The fourth-order valence-electron chi connectivity index (χ4n) is 2.25. The number of benzene rings is 2. The molecule has 5 nitrogen and oxygen atoms in total. The summed E-state index contributed by atoms with van der Waals surface area (Å²) in [5.41, 5.74) is 1.79. The van der Waals surface area contributed by atoms with Crippen molar-refractivity contribution >= 4 is 23.8 Å². The summed E-state index contributed by atoms with van der Waals surface area (Å²) in [5.74, 6) is 1.24. The van der Waals surface area contributed by atoms with Crippen molar-refractivity contribution in [1.29, 1.82) is 0 Å². The Morgan fingerprint density at radius 3 is 2.56 bits per heavy atom. The SMILES string of the molecule is CN(C)Cn1nc(-c2ccc(OCc3ccccc3Cl)cc2)oc1=S. The van der Waals surface area contributed by atoms with Crippen LogP contribution in [-0.2, 0) is 13.3 Å². The Hall–Kier alpha value is -2.15. The Kier molecular flexibility index (Phi) is 5.53. The van der Waals surface area contributed by atoms with E-state index in [4.69, 9.17) is 33.0 Å².